The summed E-state index contributed by atoms with van der Waals surface area (Å²) in [5.41, 5.74) is 8.49. The molecule has 0 radical (unpaired) electrons. The molecule has 1 unspecified atom stereocenters. The quantitative estimate of drug-likeness (QED) is 0.825. The second kappa shape index (κ2) is 5.31. The van der Waals surface area contributed by atoms with Gasteiger partial charge in [0, 0.05) is 18.3 Å². The number of rotatable bonds is 3. The molecule has 0 spiro atoms. The number of hydrogen-bond acceptors (Lipinski definition) is 2. The lowest BCUT2D eigenvalue weighted by molar-refractivity contribution is 0.185. The van der Waals surface area contributed by atoms with Gasteiger partial charge in [0.1, 0.15) is 0 Å². The SMILES string of the molecule is CC(C)(C)CC1CCCN1Cc1cccc(N)c1. The summed E-state index contributed by atoms with van der Waals surface area (Å²) in [6.45, 7) is 9.29. The van der Waals surface area contributed by atoms with Crippen molar-refractivity contribution in [2.24, 2.45) is 5.41 Å². The number of nitrogens with two attached hydrogens (primary N) is 1. The molecule has 1 atom stereocenters. The van der Waals surface area contributed by atoms with Crippen LogP contribution in [0.5, 0.6) is 0 Å². The van der Waals surface area contributed by atoms with E-state index in [1.807, 2.05) is 6.07 Å². The fourth-order valence-electron chi connectivity index (χ4n) is 2.97. The third kappa shape index (κ3) is 3.74. The molecule has 2 heteroatoms. The van der Waals surface area contributed by atoms with Crippen molar-refractivity contribution in [3.8, 4) is 0 Å². The maximum atomic E-state index is 5.85. The average molecular weight is 246 g/mol. The summed E-state index contributed by atoms with van der Waals surface area (Å²) in [6, 6.07) is 9.04. The highest BCUT2D eigenvalue weighted by Crippen LogP contribution is 2.30. The molecule has 1 aliphatic heterocycles. The van der Waals surface area contributed by atoms with E-state index in [-0.39, 0.29) is 0 Å². The van der Waals surface area contributed by atoms with E-state index in [2.05, 4.69) is 43.9 Å². The van der Waals surface area contributed by atoms with Crippen LogP contribution in [0.4, 0.5) is 5.69 Å². The average Bonchev–Trinajstić information content (AvgIpc) is 2.63. The lowest BCUT2D eigenvalue weighted by atomic mass is 9.87. The van der Waals surface area contributed by atoms with Crippen molar-refractivity contribution in [1.82, 2.24) is 4.90 Å². The molecule has 0 aromatic heterocycles. The van der Waals surface area contributed by atoms with Gasteiger partial charge in [-0.2, -0.15) is 0 Å². The van der Waals surface area contributed by atoms with Crippen molar-refractivity contribution in [1.29, 1.82) is 0 Å². The van der Waals surface area contributed by atoms with Crippen LogP contribution in [-0.2, 0) is 6.54 Å². The first kappa shape index (κ1) is 13.4. The van der Waals surface area contributed by atoms with Gasteiger partial charge in [-0.25, -0.2) is 0 Å². The van der Waals surface area contributed by atoms with Crippen LogP contribution in [0.15, 0.2) is 24.3 Å². The fraction of sp³-hybridized carbons (Fsp3) is 0.625. The summed E-state index contributed by atoms with van der Waals surface area (Å²) >= 11 is 0. The number of nitrogens with zero attached hydrogens (tertiary/aromatic N) is 1. The first-order valence-electron chi connectivity index (χ1n) is 7.02. The largest absolute Gasteiger partial charge is 0.399 e. The van der Waals surface area contributed by atoms with E-state index in [9.17, 15) is 0 Å². The second-order valence-electron chi connectivity index (χ2n) is 6.78. The Morgan fingerprint density at radius 2 is 2.11 bits per heavy atom. The number of anilines is 1. The molecule has 1 heterocycles. The molecule has 0 aliphatic carbocycles. The molecule has 2 nitrogen and oxygen atoms in total. The summed E-state index contributed by atoms with van der Waals surface area (Å²) < 4.78 is 0. The zero-order chi connectivity index (χ0) is 13.2. The number of hydrogen-bond donors (Lipinski definition) is 1. The number of benzene rings is 1. The van der Waals surface area contributed by atoms with Crippen molar-refractivity contribution >= 4 is 5.69 Å². The molecule has 1 aliphatic rings. The Hall–Kier alpha value is -1.02. The lowest BCUT2D eigenvalue weighted by Crippen LogP contribution is -2.32. The third-order valence-corrected chi connectivity index (χ3v) is 3.68. The van der Waals surface area contributed by atoms with E-state index < -0.39 is 0 Å². The molecular weight excluding hydrogens is 220 g/mol. The van der Waals surface area contributed by atoms with E-state index in [0.717, 1.165) is 18.3 Å². The van der Waals surface area contributed by atoms with Crippen molar-refractivity contribution in [3.05, 3.63) is 29.8 Å². The summed E-state index contributed by atoms with van der Waals surface area (Å²) in [7, 11) is 0. The van der Waals surface area contributed by atoms with Gasteiger partial charge in [-0.15, -0.1) is 0 Å². The van der Waals surface area contributed by atoms with Crippen LogP contribution in [0.25, 0.3) is 0 Å². The van der Waals surface area contributed by atoms with Crippen LogP contribution < -0.4 is 5.73 Å². The molecule has 0 bridgehead atoms. The van der Waals surface area contributed by atoms with E-state index in [1.165, 1.54) is 31.4 Å². The number of nitrogen functional groups attached to an aromatic ring is 1. The molecule has 2 N–H and O–H groups in total. The normalized spacial score (nSPS) is 21.4. The van der Waals surface area contributed by atoms with Crippen molar-refractivity contribution in [3.63, 3.8) is 0 Å². The molecule has 2 rings (SSSR count). The fourth-order valence-corrected chi connectivity index (χ4v) is 2.97. The van der Waals surface area contributed by atoms with Gasteiger partial charge in [0.25, 0.3) is 0 Å². The summed E-state index contributed by atoms with van der Waals surface area (Å²) in [6.07, 6.45) is 3.97. The summed E-state index contributed by atoms with van der Waals surface area (Å²) in [4.78, 5) is 2.63. The molecule has 0 saturated carbocycles. The van der Waals surface area contributed by atoms with E-state index in [4.69, 9.17) is 5.73 Å². The van der Waals surface area contributed by atoms with Crippen LogP contribution in [0.3, 0.4) is 0 Å². The number of likely N-dealkylation sites (tertiary alicyclic amines) is 1. The lowest BCUT2D eigenvalue weighted by Gasteiger charge is -2.30. The molecule has 1 aromatic carbocycles. The maximum absolute atomic E-state index is 5.85. The van der Waals surface area contributed by atoms with E-state index in [1.54, 1.807) is 0 Å². The Morgan fingerprint density at radius 3 is 2.78 bits per heavy atom. The van der Waals surface area contributed by atoms with Gasteiger partial charge in [-0.1, -0.05) is 32.9 Å². The standard InChI is InChI=1S/C16H26N2/c1-16(2,3)11-15-8-5-9-18(15)12-13-6-4-7-14(17)10-13/h4,6-7,10,15H,5,8-9,11-12,17H2,1-3H3. The van der Waals surface area contributed by atoms with E-state index in [0.29, 0.717) is 5.41 Å². The van der Waals surface area contributed by atoms with Gasteiger partial charge >= 0.3 is 0 Å². The zero-order valence-corrected chi connectivity index (χ0v) is 11.9. The molecule has 1 aromatic rings. The van der Waals surface area contributed by atoms with Gasteiger partial charge in [0.2, 0.25) is 0 Å². The van der Waals surface area contributed by atoms with Gasteiger partial charge in [-0.3, -0.25) is 4.90 Å². The Labute approximate surface area is 111 Å². The highest BCUT2D eigenvalue weighted by molar-refractivity contribution is 5.40. The van der Waals surface area contributed by atoms with Crippen molar-refractivity contribution in [2.45, 2.75) is 52.6 Å². The summed E-state index contributed by atoms with van der Waals surface area (Å²) in [5, 5.41) is 0. The topological polar surface area (TPSA) is 29.3 Å². The maximum Gasteiger partial charge on any atom is 0.0317 e. The predicted octanol–water partition coefficient (Wildman–Crippen LogP) is 3.67. The smallest absolute Gasteiger partial charge is 0.0317 e. The second-order valence-corrected chi connectivity index (χ2v) is 6.78. The minimum absolute atomic E-state index is 0.420. The monoisotopic (exact) mass is 246 g/mol. The first-order valence-corrected chi connectivity index (χ1v) is 7.02. The molecular formula is C16H26N2. The van der Waals surface area contributed by atoms with Crippen LogP contribution >= 0.6 is 0 Å². The third-order valence-electron chi connectivity index (χ3n) is 3.68. The predicted molar refractivity (Wildman–Crippen MR) is 78.4 cm³/mol. The van der Waals surface area contributed by atoms with Gasteiger partial charge in [0.15, 0.2) is 0 Å². The van der Waals surface area contributed by atoms with Crippen LogP contribution in [0, 0.1) is 5.41 Å². The minimum atomic E-state index is 0.420. The molecule has 1 saturated heterocycles. The Kier molecular flexibility index (Phi) is 3.96. The highest BCUT2D eigenvalue weighted by atomic mass is 15.2. The highest BCUT2D eigenvalue weighted by Gasteiger charge is 2.28. The van der Waals surface area contributed by atoms with Gasteiger partial charge in [-0.05, 0) is 48.9 Å². The van der Waals surface area contributed by atoms with Gasteiger partial charge < -0.3 is 5.73 Å². The van der Waals surface area contributed by atoms with Crippen molar-refractivity contribution < 1.29 is 0 Å². The van der Waals surface area contributed by atoms with E-state index >= 15 is 0 Å². The molecule has 0 amide bonds. The Balaban J connectivity index is 2.00. The first-order chi connectivity index (χ1) is 8.44. The molecule has 1 fully saturated rings. The minimum Gasteiger partial charge on any atom is -0.399 e. The van der Waals surface area contributed by atoms with Crippen molar-refractivity contribution in [2.75, 3.05) is 12.3 Å². The molecule has 100 valence electrons. The summed E-state index contributed by atoms with van der Waals surface area (Å²) in [5.74, 6) is 0. The van der Waals surface area contributed by atoms with Gasteiger partial charge in [0.05, 0.1) is 0 Å². The van der Waals surface area contributed by atoms with Crippen LogP contribution in [0.1, 0.15) is 45.6 Å². The van der Waals surface area contributed by atoms with Crippen LogP contribution in [-0.4, -0.2) is 17.5 Å². The Bertz CT molecular complexity index is 392. The Morgan fingerprint density at radius 1 is 1.33 bits per heavy atom. The zero-order valence-electron chi connectivity index (χ0n) is 11.9. The van der Waals surface area contributed by atoms with Crippen LogP contribution in [0.2, 0.25) is 0 Å². The molecule has 18 heavy (non-hydrogen) atoms.